The lowest BCUT2D eigenvalue weighted by molar-refractivity contribution is -0.118. The van der Waals surface area contributed by atoms with Crippen LogP contribution in [0.5, 0.6) is 0 Å². The predicted molar refractivity (Wildman–Crippen MR) is 69.9 cm³/mol. The number of H-pyrrole nitrogens is 1. The van der Waals surface area contributed by atoms with Crippen molar-refractivity contribution in [1.29, 1.82) is 0 Å². The molecule has 0 bridgehead atoms. The minimum Gasteiger partial charge on any atom is -0.355 e. The standard InChI is InChI=1S/C10H14N8OS/c19-9(11-4-3-8-12-6-13-14-8)5-20-10-15-16-17-18(10)7-1-2-7/h6-7H,1-5H2,(H,11,19)(H,12,13,14). The van der Waals surface area contributed by atoms with Crippen LogP contribution in [0.25, 0.3) is 0 Å². The van der Waals surface area contributed by atoms with Gasteiger partial charge in [0.1, 0.15) is 12.2 Å². The highest BCUT2D eigenvalue weighted by atomic mass is 32.2. The number of rotatable bonds is 7. The summed E-state index contributed by atoms with van der Waals surface area (Å²) in [5, 5.41) is 21.5. The van der Waals surface area contributed by atoms with Gasteiger partial charge in [-0.25, -0.2) is 9.67 Å². The maximum Gasteiger partial charge on any atom is 0.230 e. The average molecular weight is 294 g/mol. The Morgan fingerprint density at radius 2 is 2.45 bits per heavy atom. The number of tetrazole rings is 1. The second-order valence-corrected chi connectivity index (χ2v) is 5.40. The summed E-state index contributed by atoms with van der Waals surface area (Å²) in [6, 6.07) is 0.419. The van der Waals surface area contributed by atoms with E-state index in [1.807, 2.05) is 0 Å². The predicted octanol–water partition coefficient (Wildman–Crippen LogP) is -0.423. The summed E-state index contributed by atoms with van der Waals surface area (Å²) in [7, 11) is 0. The van der Waals surface area contributed by atoms with Crippen molar-refractivity contribution in [1.82, 2.24) is 40.7 Å². The molecule has 1 saturated carbocycles. The molecule has 20 heavy (non-hydrogen) atoms. The molecule has 1 aliphatic carbocycles. The van der Waals surface area contributed by atoms with Crippen LogP contribution in [-0.2, 0) is 11.2 Å². The number of aromatic nitrogens is 7. The zero-order valence-corrected chi connectivity index (χ0v) is 11.5. The lowest BCUT2D eigenvalue weighted by Gasteiger charge is -2.04. The number of carbonyl (C=O) groups is 1. The lowest BCUT2D eigenvalue weighted by atomic mass is 10.4. The fraction of sp³-hybridized carbons (Fsp3) is 0.600. The van der Waals surface area contributed by atoms with Crippen LogP contribution in [0, 0.1) is 0 Å². The summed E-state index contributed by atoms with van der Waals surface area (Å²) in [5.74, 6) is 1.03. The van der Waals surface area contributed by atoms with Crippen LogP contribution >= 0.6 is 11.8 Å². The number of hydrogen-bond acceptors (Lipinski definition) is 7. The Hall–Kier alpha value is -1.97. The minimum atomic E-state index is -0.0418. The van der Waals surface area contributed by atoms with E-state index in [0.717, 1.165) is 18.7 Å². The Kier molecular flexibility index (Phi) is 3.90. The van der Waals surface area contributed by atoms with Crippen LogP contribution in [0.1, 0.15) is 24.7 Å². The third kappa shape index (κ3) is 3.32. The fourth-order valence-electron chi connectivity index (χ4n) is 1.68. The van der Waals surface area contributed by atoms with Crippen molar-refractivity contribution in [2.45, 2.75) is 30.5 Å². The molecule has 2 aromatic heterocycles. The highest BCUT2D eigenvalue weighted by Crippen LogP contribution is 2.36. The van der Waals surface area contributed by atoms with E-state index in [-0.39, 0.29) is 5.91 Å². The molecule has 0 radical (unpaired) electrons. The first-order valence-corrected chi connectivity index (χ1v) is 7.33. The summed E-state index contributed by atoms with van der Waals surface area (Å²) in [4.78, 5) is 15.7. The number of aromatic amines is 1. The number of hydrogen-bond donors (Lipinski definition) is 2. The van der Waals surface area contributed by atoms with E-state index >= 15 is 0 Å². The van der Waals surface area contributed by atoms with Gasteiger partial charge < -0.3 is 5.32 Å². The molecule has 0 aliphatic heterocycles. The Labute approximate surface area is 118 Å². The van der Waals surface area contributed by atoms with Gasteiger partial charge in [-0.05, 0) is 23.3 Å². The molecular weight excluding hydrogens is 280 g/mol. The minimum absolute atomic E-state index is 0.0418. The topological polar surface area (TPSA) is 114 Å². The van der Waals surface area contributed by atoms with E-state index < -0.39 is 0 Å². The molecule has 0 atom stereocenters. The Morgan fingerprint density at radius 1 is 1.55 bits per heavy atom. The lowest BCUT2D eigenvalue weighted by Crippen LogP contribution is -2.27. The molecule has 106 valence electrons. The van der Waals surface area contributed by atoms with Gasteiger partial charge in [0, 0.05) is 13.0 Å². The molecular formula is C10H14N8OS. The van der Waals surface area contributed by atoms with Gasteiger partial charge in [-0.1, -0.05) is 11.8 Å². The molecule has 1 amide bonds. The van der Waals surface area contributed by atoms with Gasteiger partial charge in [-0.2, -0.15) is 5.10 Å². The molecule has 0 aromatic carbocycles. The van der Waals surface area contributed by atoms with Gasteiger partial charge >= 0.3 is 0 Å². The zero-order chi connectivity index (χ0) is 13.8. The molecule has 2 heterocycles. The third-order valence-corrected chi connectivity index (χ3v) is 3.77. The molecule has 2 N–H and O–H groups in total. The maximum absolute atomic E-state index is 11.7. The molecule has 1 aliphatic rings. The van der Waals surface area contributed by atoms with E-state index in [4.69, 9.17) is 0 Å². The third-order valence-electron chi connectivity index (χ3n) is 2.84. The first kappa shape index (κ1) is 13.0. The Morgan fingerprint density at radius 3 is 3.20 bits per heavy atom. The first-order chi connectivity index (χ1) is 9.83. The number of carbonyl (C=O) groups excluding carboxylic acids is 1. The molecule has 0 unspecified atom stereocenters. The summed E-state index contributed by atoms with van der Waals surface area (Å²) in [5.41, 5.74) is 0. The molecule has 9 nitrogen and oxygen atoms in total. The first-order valence-electron chi connectivity index (χ1n) is 6.34. The van der Waals surface area contributed by atoms with E-state index in [1.54, 1.807) is 4.68 Å². The number of amides is 1. The van der Waals surface area contributed by atoms with Crippen molar-refractivity contribution in [3.05, 3.63) is 12.2 Å². The SMILES string of the molecule is O=C(CSc1nnnn1C1CC1)NCCc1ncn[nH]1. The number of nitrogens with one attached hydrogen (secondary N) is 2. The van der Waals surface area contributed by atoms with E-state index in [0.29, 0.717) is 29.9 Å². The Balaban J connectivity index is 1.39. The highest BCUT2D eigenvalue weighted by molar-refractivity contribution is 7.99. The fourth-order valence-corrected chi connectivity index (χ4v) is 2.46. The largest absolute Gasteiger partial charge is 0.355 e. The smallest absolute Gasteiger partial charge is 0.230 e. The summed E-state index contributed by atoms with van der Waals surface area (Å²) in [6.07, 6.45) is 4.31. The molecule has 1 fully saturated rings. The van der Waals surface area contributed by atoms with Crippen LogP contribution in [-0.4, -0.2) is 53.6 Å². The van der Waals surface area contributed by atoms with Crippen LogP contribution in [0.4, 0.5) is 0 Å². The average Bonchev–Trinajstić information content (AvgIpc) is 2.98. The van der Waals surface area contributed by atoms with Gasteiger partial charge in [-0.3, -0.25) is 9.89 Å². The molecule has 0 spiro atoms. The van der Waals surface area contributed by atoms with Crippen molar-refractivity contribution in [3.63, 3.8) is 0 Å². The second-order valence-electron chi connectivity index (χ2n) is 4.46. The van der Waals surface area contributed by atoms with Gasteiger partial charge in [0.15, 0.2) is 0 Å². The number of thioether (sulfide) groups is 1. The molecule has 2 aromatic rings. The Bertz CT molecular complexity index is 564. The molecule has 10 heteroatoms. The maximum atomic E-state index is 11.7. The van der Waals surface area contributed by atoms with Crippen molar-refractivity contribution in [2.75, 3.05) is 12.3 Å². The summed E-state index contributed by atoms with van der Waals surface area (Å²) in [6.45, 7) is 0.530. The summed E-state index contributed by atoms with van der Waals surface area (Å²) < 4.78 is 1.80. The van der Waals surface area contributed by atoms with Gasteiger partial charge in [0.05, 0.1) is 11.8 Å². The van der Waals surface area contributed by atoms with Crippen molar-refractivity contribution >= 4 is 17.7 Å². The monoisotopic (exact) mass is 294 g/mol. The van der Waals surface area contributed by atoms with Gasteiger partial charge in [0.2, 0.25) is 11.1 Å². The molecule has 3 rings (SSSR count). The van der Waals surface area contributed by atoms with Crippen LogP contribution in [0.15, 0.2) is 11.5 Å². The van der Waals surface area contributed by atoms with Crippen molar-refractivity contribution < 1.29 is 4.79 Å². The normalized spacial score (nSPS) is 14.4. The van der Waals surface area contributed by atoms with Crippen molar-refractivity contribution in [3.8, 4) is 0 Å². The van der Waals surface area contributed by atoms with E-state index in [2.05, 4.69) is 36.0 Å². The van der Waals surface area contributed by atoms with Crippen LogP contribution in [0.2, 0.25) is 0 Å². The van der Waals surface area contributed by atoms with E-state index in [9.17, 15) is 4.79 Å². The highest BCUT2D eigenvalue weighted by Gasteiger charge is 2.28. The van der Waals surface area contributed by atoms with Gasteiger partial charge in [0.25, 0.3) is 0 Å². The van der Waals surface area contributed by atoms with E-state index in [1.165, 1.54) is 18.1 Å². The molecule has 0 saturated heterocycles. The van der Waals surface area contributed by atoms with Crippen LogP contribution < -0.4 is 5.32 Å². The van der Waals surface area contributed by atoms with Crippen LogP contribution in [0.3, 0.4) is 0 Å². The number of nitrogens with zero attached hydrogens (tertiary/aromatic N) is 6. The van der Waals surface area contributed by atoms with Crippen molar-refractivity contribution in [2.24, 2.45) is 0 Å². The quantitative estimate of drug-likeness (QED) is 0.666. The van der Waals surface area contributed by atoms with Gasteiger partial charge in [-0.15, -0.1) is 5.10 Å². The summed E-state index contributed by atoms with van der Waals surface area (Å²) >= 11 is 1.36. The zero-order valence-electron chi connectivity index (χ0n) is 10.7. The second kappa shape index (κ2) is 5.99.